The van der Waals surface area contributed by atoms with Gasteiger partial charge in [0, 0.05) is 31.4 Å². The van der Waals surface area contributed by atoms with E-state index >= 15 is 0 Å². The van der Waals surface area contributed by atoms with E-state index in [4.69, 9.17) is 11.6 Å². The first kappa shape index (κ1) is 16.4. The fraction of sp³-hybridized carbons (Fsp3) is 0.143. The van der Waals surface area contributed by atoms with Crippen LogP contribution < -0.4 is 0 Å². The van der Waals surface area contributed by atoms with Gasteiger partial charge in [0.25, 0.3) is 0 Å². The molecule has 0 aliphatic heterocycles. The maximum atomic E-state index is 12.4. The molecular weight excluding hydrogens is 328 g/mol. The quantitative estimate of drug-likeness (QED) is 0.863. The van der Waals surface area contributed by atoms with Crippen molar-refractivity contribution in [2.45, 2.75) is 4.90 Å². The fourth-order valence-corrected chi connectivity index (χ4v) is 3.19. The Kier molecular flexibility index (Phi) is 4.50. The first-order valence-electron chi connectivity index (χ1n) is 6.16. The lowest BCUT2D eigenvalue weighted by molar-refractivity contribution is 0.0697. The minimum Gasteiger partial charge on any atom is -0.478 e. The highest BCUT2D eigenvalue weighted by atomic mass is 35.5. The molecule has 0 unspecified atom stereocenters. The topological polar surface area (TPSA) is 87.6 Å². The molecule has 1 heterocycles. The molecule has 8 heteroatoms. The normalized spacial score (nSPS) is 11.6. The van der Waals surface area contributed by atoms with Crippen molar-refractivity contribution in [2.24, 2.45) is 0 Å². The van der Waals surface area contributed by atoms with Gasteiger partial charge in [-0.15, -0.1) is 0 Å². The minimum absolute atomic E-state index is 0.00613. The van der Waals surface area contributed by atoms with Gasteiger partial charge in [0.15, 0.2) is 0 Å². The summed E-state index contributed by atoms with van der Waals surface area (Å²) in [6, 6.07) is 7.35. The molecule has 6 nitrogen and oxygen atoms in total. The summed E-state index contributed by atoms with van der Waals surface area (Å²) >= 11 is 5.73. The van der Waals surface area contributed by atoms with Crippen LogP contribution in [0.5, 0.6) is 0 Å². The number of aromatic nitrogens is 1. The second-order valence-corrected chi connectivity index (χ2v) is 7.15. The smallest absolute Gasteiger partial charge is 0.336 e. The molecule has 1 N–H and O–H groups in total. The third-order valence-electron chi connectivity index (χ3n) is 3.04. The summed E-state index contributed by atoms with van der Waals surface area (Å²) in [5, 5.41) is 9.33. The Labute approximate surface area is 133 Å². The lowest BCUT2D eigenvalue weighted by atomic mass is 10.0. The Bertz CT molecular complexity index is 834. The number of sulfonamides is 1. The van der Waals surface area contributed by atoms with Gasteiger partial charge in [-0.25, -0.2) is 22.5 Å². The van der Waals surface area contributed by atoms with Crippen LogP contribution in [-0.2, 0) is 10.0 Å². The van der Waals surface area contributed by atoms with E-state index in [0.29, 0.717) is 0 Å². The van der Waals surface area contributed by atoms with Gasteiger partial charge in [-0.3, -0.25) is 0 Å². The first-order chi connectivity index (χ1) is 10.2. The lowest BCUT2D eigenvalue weighted by Crippen LogP contribution is -2.23. The van der Waals surface area contributed by atoms with Gasteiger partial charge in [-0.2, -0.15) is 0 Å². The number of pyridine rings is 1. The van der Waals surface area contributed by atoms with Gasteiger partial charge in [-0.05, 0) is 12.1 Å². The zero-order valence-corrected chi connectivity index (χ0v) is 13.4. The Hall–Kier alpha value is -1.96. The zero-order valence-electron chi connectivity index (χ0n) is 11.8. The van der Waals surface area contributed by atoms with Crippen molar-refractivity contribution >= 4 is 27.6 Å². The Morgan fingerprint density at radius 3 is 2.45 bits per heavy atom. The Morgan fingerprint density at radius 1 is 1.23 bits per heavy atom. The number of rotatable bonds is 4. The molecule has 0 atom stereocenters. The fourth-order valence-electron chi connectivity index (χ4n) is 1.93. The molecule has 116 valence electrons. The molecule has 1 aromatic heterocycles. The molecular formula is C14H13ClN2O4S. The van der Waals surface area contributed by atoms with E-state index in [1.165, 1.54) is 38.5 Å². The van der Waals surface area contributed by atoms with E-state index in [1.807, 2.05) is 0 Å². The zero-order chi connectivity index (χ0) is 16.5. The average molecular weight is 341 g/mol. The maximum Gasteiger partial charge on any atom is 0.336 e. The number of hydrogen-bond acceptors (Lipinski definition) is 4. The summed E-state index contributed by atoms with van der Waals surface area (Å²) in [4.78, 5) is 15.3. The van der Waals surface area contributed by atoms with Crippen molar-refractivity contribution < 1.29 is 18.3 Å². The van der Waals surface area contributed by atoms with Gasteiger partial charge < -0.3 is 5.11 Å². The van der Waals surface area contributed by atoms with Crippen LogP contribution in [-0.4, -0.2) is 42.9 Å². The van der Waals surface area contributed by atoms with Crippen LogP contribution in [0.2, 0.25) is 5.15 Å². The van der Waals surface area contributed by atoms with Gasteiger partial charge >= 0.3 is 5.97 Å². The molecule has 0 fully saturated rings. The van der Waals surface area contributed by atoms with Gasteiger partial charge in [-0.1, -0.05) is 29.8 Å². The molecule has 0 bridgehead atoms. The Balaban J connectivity index is 2.79. The maximum absolute atomic E-state index is 12.4. The van der Waals surface area contributed by atoms with E-state index < -0.39 is 16.0 Å². The second-order valence-electron chi connectivity index (χ2n) is 4.64. The number of carboxylic acid groups (broad SMARTS) is 1. The monoisotopic (exact) mass is 340 g/mol. The molecule has 0 radical (unpaired) electrons. The highest BCUT2D eigenvalue weighted by Crippen LogP contribution is 2.31. The molecule has 0 amide bonds. The number of halogens is 1. The van der Waals surface area contributed by atoms with Crippen molar-refractivity contribution in [3.8, 4) is 11.1 Å². The lowest BCUT2D eigenvalue weighted by Gasteiger charge is -2.16. The highest BCUT2D eigenvalue weighted by molar-refractivity contribution is 7.89. The number of nitrogens with zero attached hydrogens (tertiary/aromatic N) is 2. The molecule has 2 aromatic rings. The molecule has 0 saturated carbocycles. The largest absolute Gasteiger partial charge is 0.478 e. The number of carbonyl (C=O) groups is 1. The van der Waals surface area contributed by atoms with Crippen molar-refractivity contribution in [3.63, 3.8) is 0 Å². The van der Waals surface area contributed by atoms with Crippen LogP contribution >= 0.6 is 11.6 Å². The third kappa shape index (κ3) is 2.96. The molecule has 0 aliphatic rings. The molecule has 22 heavy (non-hydrogen) atoms. The van der Waals surface area contributed by atoms with Crippen LogP contribution in [0.15, 0.2) is 41.4 Å². The molecule has 0 saturated heterocycles. The van der Waals surface area contributed by atoms with Crippen molar-refractivity contribution in [3.05, 3.63) is 47.2 Å². The number of hydrogen-bond donors (Lipinski definition) is 1. The van der Waals surface area contributed by atoms with Crippen molar-refractivity contribution in [1.82, 2.24) is 9.29 Å². The molecule has 1 aromatic carbocycles. The van der Waals surface area contributed by atoms with E-state index in [2.05, 4.69) is 4.98 Å². The predicted octanol–water partition coefficient (Wildman–Crippen LogP) is 2.35. The Morgan fingerprint density at radius 2 is 1.86 bits per heavy atom. The minimum atomic E-state index is -3.73. The van der Waals surface area contributed by atoms with Gasteiger partial charge in [0.2, 0.25) is 10.0 Å². The predicted molar refractivity (Wildman–Crippen MR) is 82.5 cm³/mol. The van der Waals surface area contributed by atoms with E-state index in [0.717, 1.165) is 4.31 Å². The third-order valence-corrected chi connectivity index (χ3v) is 5.12. The van der Waals surface area contributed by atoms with E-state index in [9.17, 15) is 18.3 Å². The summed E-state index contributed by atoms with van der Waals surface area (Å²) < 4.78 is 25.9. The summed E-state index contributed by atoms with van der Waals surface area (Å²) in [5.41, 5.74) is 0.345. The highest BCUT2D eigenvalue weighted by Gasteiger charge is 2.24. The van der Waals surface area contributed by atoms with E-state index in [-0.39, 0.29) is 26.7 Å². The summed E-state index contributed by atoms with van der Waals surface area (Å²) in [6.45, 7) is 0. The van der Waals surface area contributed by atoms with Crippen LogP contribution in [0.25, 0.3) is 11.1 Å². The first-order valence-corrected chi connectivity index (χ1v) is 7.97. The number of benzene rings is 1. The van der Waals surface area contributed by atoms with Gasteiger partial charge in [0.1, 0.15) is 5.15 Å². The van der Waals surface area contributed by atoms with Crippen LogP contribution in [0, 0.1) is 0 Å². The molecule has 2 rings (SSSR count). The van der Waals surface area contributed by atoms with Crippen LogP contribution in [0.1, 0.15) is 10.4 Å². The summed E-state index contributed by atoms with van der Waals surface area (Å²) in [7, 11) is -0.914. The second kappa shape index (κ2) is 6.04. The number of aromatic carboxylic acids is 1. The van der Waals surface area contributed by atoms with Gasteiger partial charge in [0.05, 0.1) is 10.5 Å². The molecule has 0 aliphatic carbocycles. The number of carboxylic acids is 1. The summed E-state index contributed by atoms with van der Waals surface area (Å²) in [5.74, 6) is -1.21. The standard InChI is InChI=1S/C14H13ClN2O4S/c1-17(2)22(20,21)12-6-4-3-5-9(12)11-8-16-13(15)7-10(11)14(18)19/h3-8H,1-2H3,(H,18,19). The average Bonchev–Trinajstić information content (AvgIpc) is 2.47. The van der Waals surface area contributed by atoms with Crippen LogP contribution in [0.3, 0.4) is 0 Å². The van der Waals surface area contributed by atoms with Crippen molar-refractivity contribution in [2.75, 3.05) is 14.1 Å². The molecule has 0 spiro atoms. The summed E-state index contributed by atoms with van der Waals surface area (Å²) in [6.07, 6.45) is 1.26. The van der Waals surface area contributed by atoms with E-state index in [1.54, 1.807) is 12.1 Å². The van der Waals surface area contributed by atoms with Crippen molar-refractivity contribution in [1.29, 1.82) is 0 Å². The van der Waals surface area contributed by atoms with Crippen LogP contribution in [0.4, 0.5) is 0 Å². The SMILES string of the molecule is CN(C)S(=O)(=O)c1ccccc1-c1cnc(Cl)cc1C(=O)O.